The number of alkyl halides is 3. The number of amides is 1. The molecular weight excluding hydrogens is 361 g/mol. The number of nitrogens with one attached hydrogen (secondary N) is 1. The molecule has 0 aromatic heterocycles. The monoisotopic (exact) mass is 372 g/mol. The predicted molar refractivity (Wildman–Crippen MR) is 91.7 cm³/mol. The van der Waals surface area contributed by atoms with E-state index in [0.29, 0.717) is 12.1 Å². The van der Waals surface area contributed by atoms with Gasteiger partial charge >= 0.3 is 18.1 Å². The number of carbonyl (C=O) groups is 2. The second-order valence-corrected chi connectivity index (χ2v) is 6.05. The van der Waals surface area contributed by atoms with E-state index < -0.39 is 18.1 Å². The van der Waals surface area contributed by atoms with E-state index in [2.05, 4.69) is 4.99 Å². The fraction of sp³-hybridized carbons (Fsp3) is 0.105. The molecule has 2 aromatic rings. The lowest BCUT2D eigenvalue weighted by molar-refractivity contribution is -0.167. The van der Waals surface area contributed by atoms with Gasteiger partial charge in [0.15, 0.2) is 0 Å². The third-order valence-electron chi connectivity index (χ3n) is 4.19. The maximum absolute atomic E-state index is 12.4. The van der Waals surface area contributed by atoms with Crippen molar-refractivity contribution >= 4 is 29.1 Å². The summed E-state index contributed by atoms with van der Waals surface area (Å²) in [6, 6.07) is 10.1. The summed E-state index contributed by atoms with van der Waals surface area (Å²) < 4.78 is 42.1. The molecule has 8 heteroatoms. The van der Waals surface area contributed by atoms with Crippen LogP contribution < -0.4 is 5.32 Å². The summed E-state index contributed by atoms with van der Waals surface area (Å²) in [7, 11) is 0. The van der Waals surface area contributed by atoms with E-state index in [9.17, 15) is 22.8 Å². The Balaban J connectivity index is 1.58. The van der Waals surface area contributed by atoms with Crippen molar-refractivity contribution in [2.24, 2.45) is 4.99 Å². The molecular formula is C19H11F3N2O3. The number of aliphatic imine (C=N–C) groups is 1. The molecule has 1 N–H and O–H groups in total. The van der Waals surface area contributed by atoms with Crippen molar-refractivity contribution in [3.05, 3.63) is 59.7 Å². The van der Waals surface area contributed by atoms with Crippen LogP contribution in [-0.4, -0.2) is 24.0 Å². The zero-order valence-corrected chi connectivity index (χ0v) is 13.6. The Labute approximate surface area is 151 Å². The van der Waals surface area contributed by atoms with Gasteiger partial charge < -0.3 is 10.1 Å². The van der Waals surface area contributed by atoms with Crippen LogP contribution in [0.15, 0.2) is 53.5 Å². The average molecular weight is 372 g/mol. The van der Waals surface area contributed by atoms with Gasteiger partial charge in [0.05, 0.1) is 5.69 Å². The number of hydrogen-bond acceptors (Lipinski definition) is 4. The Morgan fingerprint density at radius 1 is 1.04 bits per heavy atom. The van der Waals surface area contributed by atoms with Crippen LogP contribution in [0.3, 0.4) is 0 Å². The summed E-state index contributed by atoms with van der Waals surface area (Å²) in [5, 5.41) is 1.86. The van der Waals surface area contributed by atoms with E-state index in [0.717, 1.165) is 22.3 Å². The highest BCUT2D eigenvalue weighted by atomic mass is 19.4. The van der Waals surface area contributed by atoms with Gasteiger partial charge in [-0.1, -0.05) is 12.1 Å². The van der Waals surface area contributed by atoms with E-state index in [1.165, 1.54) is 24.3 Å². The van der Waals surface area contributed by atoms with Gasteiger partial charge in [0.2, 0.25) is 5.90 Å². The van der Waals surface area contributed by atoms with Crippen molar-refractivity contribution in [1.82, 2.24) is 0 Å². The van der Waals surface area contributed by atoms with E-state index in [1.807, 2.05) is 17.4 Å². The van der Waals surface area contributed by atoms with Crippen LogP contribution in [0.2, 0.25) is 0 Å². The smallest absolute Gasteiger partial charge is 0.404 e. The minimum absolute atomic E-state index is 0.0901. The number of nitrogens with zero attached hydrogens (tertiary/aromatic N) is 1. The molecule has 0 radical (unpaired) electrons. The molecule has 5 nitrogen and oxygen atoms in total. The summed E-state index contributed by atoms with van der Waals surface area (Å²) in [5.41, 5.74) is 4.28. The maximum Gasteiger partial charge on any atom is 0.471 e. The quantitative estimate of drug-likeness (QED) is 0.694. The molecule has 0 unspecified atom stereocenters. The normalized spacial score (nSPS) is 16.3. The first kappa shape index (κ1) is 17.0. The van der Waals surface area contributed by atoms with Gasteiger partial charge in [-0.15, -0.1) is 0 Å². The van der Waals surface area contributed by atoms with Crippen LogP contribution in [-0.2, 0) is 20.7 Å². The molecule has 0 saturated carbocycles. The number of halogens is 3. The second-order valence-electron chi connectivity index (χ2n) is 6.05. The van der Waals surface area contributed by atoms with Crippen molar-refractivity contribution in [3.63, 3.8) is 0 Å². The van der Waals surface area contributed by atoms with E-state index in [-0.39, 0.29) is 11.6 Å². The number of anilines is 1. The lowest BCUT2D eigenvalue weighted by Crippen LogP contribution is -2.29. The van der Waals surface area contributed by atoms with Crippen molar-refractivity contribution in [2.75, 3.05) is 5.32 Å². The van der Waals surface area contributed by atoms with Gasteiger partial charge in [-0.05, 0) is 52.9 Å². The first-order chi connectivity index (χ1) is 12.8. The zero-order valence-electron chi connectivity index (χ0n) is 13.6. The Morgan fingerprint density at radius 3 is 2.41 bits per heavy atom. The Morgan fingerprint density at radius 2 is 1.74 bits per heavy atom. The van der Waals surface area contributed by atoms with Crippen LogP contribution in [0.5, 0.6) is 0 Å². The molecule has 1 amide bonds. The molecule has 2 aliphatic rings. The van der Waals surface area contributed by atoms with Gasteiger partial charge in [-0.25, -0.2) is 9.79 Å². The highest BCUT2D eigenvalue weighted by Gasteiger charge is 2.38. The summed E-state index contributed by atoms with van der Waals surface area (Å²) in [6.45, 7) is 0. The van der Waals surface area contributed by atoms with E-state index in [4.69, 9.17) is 4.74 Å². The van der Waals surface area contributed by atoms with Gasteiger partial charge in [-0.2, -0.15) is 13.2 Å². The van der Waals surface area contributed by atoms with Gasteiger partial charge in [-0.3, -0.25) is 4.79 Å². The molecule has 27 heavy (non-hydrogen) atoms. The molecule has 0 spiro atoms. The lowest BCUT2D eigenvalue weighted by atomic mass is 10.1. The molecule has 0 bridgehead atoms. The first-order valence-electron chi connectivity index (χ1n) is 7.92. The highest BCUT2D eigenvalue weighted by molar-refractivity contribution is 6.08. The average Bonchev–Trinajstić information content (AvgIpc) is 3.16. The zero-order chi connectivity index (χ0) is 19.2. The fourth-order valence-electron chi connectivity index (χ4n) is 3.04. The van der Waals surface area contributed by atoms with Crippen LogP contribution in [0.25, 0.3) is 11.1 Å². The molecule has 1 heterocycles. The molecule has 0 atom stereocenters. The standard InChI is InChI=1S/C19H11F3N2O3/c20-19(21,22)18(26)24-13-2-4-15-11(9-13)7-10-8-12(1-3-14(10)15)23-16-5-6-17(25)27-16/h1-6,8-9H,7H2,(H,24,26). The molecule has 1 aliphatic carbocycles. The number of benzene rings is 2. The minimum Gasteiger partial charge on any atom is -0.404 e. The van der Waals surface area contributed by atoms with Crippen molar-refractivity contribution < 1.29 is 27.5 Å². The summed E-state index contributed by atoms with van der Waals surface area (Å²) in [4.78, 5) is 26.4. The topological polar surface area (TPSA) is 67.8 Å². The highest BCUT2D eigenvalue weighted by Crippen LogP contribution is 2.39. The third kappa shape index (κ3) is 3.33. The first-order valence-corrected chi connectivity index (χ1v) is 7.92. The summed E-state index contributed by atoms with van der Waals surface area (Å²) >= 11 is 0. The number of fused-ring (bicyclic) bond motifs is 3. The van der Waals surface area contributed by atoms with Gasteiger partial charge in [0.25, 0.3) is 0 Å². The van der Waals surface area contributed by atoms with Crippen molar-refractivity contribution in [3.8, 4) is 11.1 Å². The molecule has 0 saturated heterocycles. The predicted octanol–water partition coefficient (Wildman–Crippen LogP) is 3.90. The SMILES string of the molecule is O=C1C=CC(=Nc2ccc3c(c2)Cc2cc(NC(=O)C(F)(F)F)ccc2-3)O1. The van der Waals surface area contributed by atoms with E-state index in [1.54, 1.807) is 12.1 Å². The Hall–Kier alpha value is -3.42. The van der Waals surface area contributed by atoms with Crippen molar-refractivity contribution in [2.45, 2.75) is 12.6 Å². The number of rotatable bonds is 2. The number of cyclic esters (lactones) is 1. The third-order valence-corrected chi connectivity index (χ3v) is 4.19. The van der Waals surface area contributed by atoms with Crippen LogP contribution in [0, 0.1) is 0 Å². The van der Waals surface area contributed by atoms with Gasteiger partial charge in [0.1, 0.15) is 0 Å². The lowest BCUT2D eigenvalue weighted by Gasteiger charge is -2.09. The van der Waals surface area contributed by atoms with E-state index >= 15 is 0 Å². The Kier molecular flexibility index (Phi) is 3.83. The Bertz CT molecular complexity index is 1040. The van der Waals surface area contributed by atoms with Gasteiger partial charge in [0, 0.05) is 17.8 Å². The van der Waals surface area contributed by atoms with Crippen LogP contribution in [0.1, 0.15) is 11.1 Å². The summed E-state index contributed by atoms with van der Waals surface area (Å²) in [5.74, 6) is -2.28. The number of esters is 1. The van der Waals surface area contributed by atoms with Crippen LogP contribution in [0.4, 0.5) is 24.5 Å². The van der Waals surface area contributed by atoms with Crippen LogP contribution >= 0.6 is 0 Å². The molecule has 2 aromatic carbocycles. The molecule has 4 rings (SSSR count). The fourth-order valence-corrected chi connectivity index (χ4v) is 3.04. The largest absolute Gasteiger partial charge is 0.471 e. The second kappa shape index (κ2) is 6.08. The number of hydrogen-bond donors (Lipinski definition) is 1. The minimum atomic E-state index is -4.94. The van der Waals surface area contributed by atoms with Crippen molar-refractivity contribution in [1.29, 1.82) is 0 Å². The molecule has 1 aliphatic heterocycles. The molecule has 0 fully saturated rings. The number of carbonyl (C=O) groups excluding carboxylic acids is 2. The maximum atomic E-state index is 12.4. The summed E-state index contributed by atoms with van der Waals surface area (Å²) in [6.07, 6.45) is -1.69. The molecule has 136 valence electrons. The number of ether oxygens (including phenoxy) is 1.